The Morgan fingerprint density at radius 3 is 1.10 bits per heavy atom. The van der Waals surface area contributed by atoms with Gasteiger partial charge in [0.15, 0.2) is 11.2 Å². The molecule has 5 aromatic heterocycles. The zero-order valence-electron chi connectivity index (χ0n) is 37.6. The van der Waals surface area contributed by atoms with E-state index in [-0.39, 0.29) is 0 Å². The number of aromatic nitrogens is 2. The van der Waals surface area contributed by atoms with Gasteiger partial charge in [-0.25, -0.2) is 9.97 Å². The first-order valence-corrected chi connectivity index (χ1v) is 25.9. The van der Waals surface area contributed by atoms with E-state index in [0.717, 1.165) is 67.5 Å². The number of para-hydroxylation sites is 4. The standard InChI is InChI=1S/C62H36N4O2S3/c1-7-15-55-45(9-1)49-33-41(27-31-57(49)69-55)65(39-21-17-37(18-22-39)61-63-51-11-3-5-13-53(51)67-61)43-25-29-47-48-30-26-44(36-60(48)71-59(47)35-43)66(42-28-32-58-50(34-42)46-10-2-8-16-56(46)70-58)40-23-19-38(20-24-40)62-64-52-12-4-6-14-54(52)68-62/h1-36H. The van der Waals surface area contributed by atoms with Gasteiger partial charge in [0, 0.05) is 106 Å². The molecule has 0 spiro atoms. The largest absolute Gasteiger partial charge is 0.436 e. The minimum Gasteiger partial charge on any atom is -0.436 e. The maximum absolute atomic E-state index is 6.18. The molecule has 6 nitrogen and oxygen atoms in total. The van der Waals surface area contributed by atoms with Crippen LogP contribution in [0.25, 0.3) is 106 Å². The van der Waals surface area contributed by atoms with Gasteiger partial charge in [-0.3, -0.25) is 0 Å². The summed E-state index contributed by atoms with van der Waals surface area (Å²) in [5.74, 6) is 1.22. The second kappa shape index (κ2) is 16.0. The molecule has 15 rings (SSSR count). The van der Waals surface area contributed by atoms with Gasteiger partial charge in [0.25, 0.3) is 0 Å². The fourth-order valence-corrected chi connectivity index (χ4v) is 13.5. The number of anilines is 6. The summed E-state index contributed by atoms with van der Waals surface area (Å²) < 4.78 is 19.9. The van der Waals surface area contributed by atoms with E-state index in [9.17, 15) is 0 Å². The van der Waals surface area contributed by atoms with Crippen molar-refractivity contribution in [3.8, 4) is 22.9 Å². The second-order valence-electron chi connectivity index (χ2n) is 17.8. The van der Waals surface area contributed by atoms with E-state index in [2.05, 4.69) is 180 Å². The molecule has 0 saturated carbocycles. The molecule has 0 fully saturated rings. The molecule has 9 heteroatoms. The van der Waals surface area contributed by atoms with Crippen molar-refractivity contribution in [2.24, 2.45) is 0 Å². The Morgan fingerprint density at radius 1 is 0.282 bits per heavy atom. The molecule has 334 valence electrons. The summed E-state index contributed by atoms with van der Waals surface area (Å²) in [6.45, 7) is 0. The average molecular weight is 965 g/mol. The number of hydrogen-bond donors (Lipinski definition) is 0. The maximum Gasteiger partial charge on any atom is 0.227 e. The van der Waals surface area contributed by atoms with Crippen molar-refractivity contribution in [3.05, 3.63) is 218 Å². The summed E-state index contributed by atoms with van der Waals surface area (Å²) in [6, 6.07) is 77.8. The number of oxazole rings is 2. The lowest BCUT2D eigenvalue weighted by atomic mass is 10.1. The molecule has 10 aromatic carbocycles. The highest BCUT2D eigenvalue weighted by Gasteiger charge is 2.21. The van der Waals surface area contributed by atoms with Crippen LogP contribution in [-0.2, 0) is 0 Å². The van der Waals surface area contributed by atoms with Crippen LogP contribution in [0.15, 0.2) is 227 Å². The summed E-state index contributed by atoms with van der Waals surface area (Å²) in [5.41, 5.74) is 11.5. The summed E-state index contributed by atoms with van der Waals surface area (Å²) >= 11 is 5.50. The van der Waals surface area contributed by atoms with Crippen LogP contribution in [-0.4, -0.2) is 9.97 Å². The van der Waals surface area contributed by atoms with E-state index in [1.54, 1.807) is 0 Å². The number of rotatable bonds is 8. The molecular weight excluding hydrogens is 929 g/mol. The third-order valence-corrected chi connectivity index (χ3v) is 16.9. The summed E-state index contributed by atoms with van der Waals surface area (Å²) in [5, 5.41) is 7.51. The Hall–Kier alpha value is -8.60. The van der Waals surface area contributed by atoms with Gasteiger partial charge < -0.3 is 18.6 Å². The zero-order valence-corrected chi connectivity index (χ0v) is 40.1. The van der Waals surface area contributed by atoms with Crippen LogP contribution < -0.4 is 9.80 Å². The molecule has 0 aliphatic rings. The molecule has 0 N–H and O–H groups in total. The van der Waals surface area contributed by atoms with Crippen LogP contribution in [0.1, 0.15) is 0 Å². The lowest BCUT2D eigenvalue weighted by Crippen LogP contribution is -2.09. The Balaban J connectivity index is 0.849. The first-order chi connectivity index (χ1) is 35.1. The van der Waals surface area contributed by atoms with Gasteiger partial charge in [0.2, 0.25) is 11.8 Å². The van der Waals surface area contributed by atoms with Crippen molar-refractivity contribution in [2.45, 2.75) is 0 Å². The van der Waals surface area contributed by atoms with Crippen molar-refractivity contribution in [3.63, 3.8) is 0 Å². The zero-order chi connectivity index (χ0) is 46.6. The predicted molar refractivity (Wildman–Crippen MR) is 300 cm³/mol. The van der Waals surface area contributed by atoms with E-state index in [0.29, 0.717) is 11.8 Å². The van der Waals surface area contributed by atoms with Crippen LogP contribution in [0.3, 0.4) is 0 Å². The Bertz CT molecular complexity index is 4210. The molecule has 71 heavy (non-hydrogen) atoms. The Labute approximate surface area is 418 Å². The van der Waals surface area contributed by atoms with E-state index < -0.39 is 0 Å². The number of fused-ring (bicyclic) bond motifs is 11. The third-order valence-electron chi connectivity index (χ3n) is 13.5. The number of nitrogens with zero attached hydrogens (tertiary/aromatic N) is 4. The second-order valence-corrected chi connectivity index (χ2v) is 21.0. The monoisotopic (exact) mass is 964 g/mol. The van der Waals surface area contributed by atoms with Crippen LogP contribution in [0.4, 0.5) is 34.1 Å². The average Bonchev–Trinajstić information content (AvgIpc) is 4.27. The molecule has 0 bridgehead atoms. The van der Waals surface area contributed by atoms with Crippen LogP contribution in [0.2, 0.25) is 0 Å². The lowest BCUT2D eigenvalue weighted by molar-refractivity contribution is 0.619. The summed E-state index contributed by atoms with van der Waals surface area (Å²) in [6.07, 6.45) is 0. The fraction of sp³-hybridized carbons (Fsp3) is 0. The van der Waals surface area contributed by atoms with Crippen molar-refractivity contribution in [1.82, 2.24) is 9.97 Å². The minimum absolute atomic E-state index is 0.609. The molecule has 15 aromatic rings. The molecule has 0 saturated heterocycles. The van der Waals surface area contributed by atoms with Gasteiger partial charge in [-0.2, -0.15) is 0 Å². The molecule has 5 heterocycles. The van der Waals surface area contributed by atoms with E-state index in [4.69, 9.17) is 18.8 Å². The Morgan fingerprint density at radius 2 is 0.634 bits per heavy atom. The van der Waals surface area contributed by atoms with Gasteiger partial charge in [0.05, 0.1) is 0 Å². The van der Waals surface area contributed by atoms with Gasteiger partial charge >= 0.3 is 0 Å². The first-order valence-electron chi connectivity index (χ1n) is 23.4. The highest BCUT2D eigenvalue weighted by Crippen LogP contribution is 2.47. The topological polar surface area (TPSA) is 58.5 Å². The van der Waals surface area contributed by atoms with Crippen molar-refractivity contribution >= 4 is 151 Å². The molecule has 0 amide bonds. The number of hydrogen-bond acceptors (Lipinski definition) is 9. The minimum atomic E-state index is 0.609. The van der Waals surface area contributed by atoms with Gasteiger partial charge in [-0.15, -0.1) is 34.0 Å². The van der Waals surface area contributed by atoms with Crippen molar-refractivity contribution in [2.75, 3.05) is 9.80 Å². The van der Waals surface area contributed by atoms with E-state index in [1.165, 1.54) is 60.5 Å². The maximum atomic E-state index is 6.18. The van der Waals surface area contributed by atoms with E-state index in [1.807, 2.05) is 82.5 Å². The van der Waals surface area contributed by atoms with Gasteiger partial charge in [-0.1, -0.05) is 72.8 Å². The third kappa shape index (κ3) is 6.73. The fourth-order valence-electron chi connectivity index (χ4n) is 10.1. The predicted octanol–water partition coefficient (Wildman–Crippen LogP) is 19.3. The summed E-state index contributed by atoms with van der Waals surface area (Å²) in [4.78, 5) is 14.3. The van der Waals surface area contributed by atoms with Gasteiger partial charge in [-0.05, 0) is 146 Å². The van der Waals surface area contributed by atoms with Crippen LogP contribution in [0, 0.1) is 0 Å². The smallest absolute Gasteiger partial charge is 0.227 e. The highest BCUT2D eigenvalue weighted by atomic mass is 32.1. The number of thiophene rings is 3. The molecule has 0 radical (unpaired) electrons. The SMILES string of the molecule is c1ccc2oc(-c3ccc(N(c4ccc5c(c4)sc4cc(N(c6ccc(-c7nc8ccccc8o7)cc6)c6ccc7sc8ccccc8c7c6)ccc45)c4ccc5sc6ccccc6c5c4)cc3)nc2c1. The number of benzene rings is 10. The van der Waals surface area contributed by atoms with Crippen LogP contribution >= 0.6 is 34.0 Å². The van der Waals surface area contributed by atoms with Crippen LogP contribution in [0.5, 0.6) is 0 Å². The Kier molecular flexibility index (Phi) is 9.07. The quantitative estimate of drug-likeness (QED) is 0.151. The normalized spacial score (nSPS) is 11.9. The molecule has 0 unspecified atom stereocenters. The van der Waals surface area contributed by atoms with Gasteiger partial charge in [0.1, 0.15) is 11.0 Å². The first kappa shape index (κ1) is 40.3. The molecule has 0 aliphatic carbocycles. The van der Waals surface area contributed by atoms with Crippen molar-refractivity contribution in [1.29, 1.82) is 0 Å². The lowest BCUT2D eigenvalue weighted by Gasteiger charge is -2.26. The van der Waals surface area contributed by atoms with E-state index >= 15 is 0 Å². The molecule has 0 aliphatic heterocycles. The summed E-state index contributed by atoms with van der Waals surface area (Å²) in [7, 11) is 0. The highest BCUT2D eigenvalue weighted by molar-refractivity contribution is 7.26. The van der Waals surface area contributed by atoms with Crippen molar-refractivity contribution < 1.29 is 8.83 Å². The molecular formula is C62H36N4O2S3. The molecule has 0 atom stereocenters.